The zero-order chi connectivity index (χ0) is 12.1. The van der Waals surface area contributed by atoms with Gasteiger partial charge < -0.3 is 28.8 Å². The third-order valence-corrected chi connectivity index (χ3v) is 2.76. The highest BCUT2D eigenvalue weighted by atomic mass is 16.7. The Balaban J connectivity index is 2.78. The summed E-state index contributed by atoms with van der Waals surface area (Å²) >= 11 is 0. The van der Waals surface area contributed by atoms with Crippen molar-refractivity contribution >= 4 is 0 Å². The van der Waals surface area contributed by atoms with E-state index in [1.165, 1.54) is 7.11 Å². The maximum Gasteiger partial charge on any atom is 0.184 e. The van der Waals surface area contributed by atoms with Crippen molar-refractivity contribution in [3.63, 3.8) is 0 Å². The molecule has 16 heavy (non-hydrogen) atoms. The Hall–Kier alpha value is -0.240. The van der Waals surface area contributed by atoms with Gasteiger partial charge in [-0.1, -0.05) is 0 Å². The molecule has 1 aliphatic rings. The first-order valence-corrected chi connectivity index (χ1v) is 5.10. The maximum absolute atomic E-state index is 9.74. The predicted molar refractivity (Wildman–Crippen MR) is 55.1 cm³/mol. The number of methoxy groups -OCH3 is 4. The summed E-state index contributed by atoms with van der Waals surface area (Å²) in [4.78, 5) is 0. The van der Waals surface area contributed by atoms with Gasteiger partial charge in [0, 0.05) is 28.4 Å². The molecule has 0 bridgehead atoms. The van der Waals surface area contributed by atoms with Crippen molar-refractivity contribution in [3.05, 3.63) is 0 Å². The van der Waals surface area contributed by atoms with Gasteiger partial charge in [0.1, 0.15) is 24.4 Å². The van der Waals surface area contributed by atoms with Crippen molar-refractivity contribution < 1.29 is 28.8 Å². The average Bonchev–Trinajstić information content (AvgIpc) is 2.28. The SMILES string of the molecule is COCC1O[C@@H](O)C(OC)C(OC)[C@@H]1OC. The van der Waals surface area contributed by atoms with Gasteiger partial charge in [-0.15, -0.1) is 0 Å². The predicted octanol–water partition coefficient (Wildman–Crippen LogP) is -0.605. The smallest absolute Gasteiger partial charge is 0.184 e. The second kappa shape index (κ2) is 6.48. The molecule has 0 saturated carbocycles. The molecular formula is C10H20O6. The van der Waals surface area contributed by atoms with Crippen molar-refractivity contribution in [2.24, 2.45) is 0 Å². The van der Waals surface area contributed by atoms with Crippen molar-refractivity contribution in [2.75, 3.05) is 35.0 Å². The molecule has 0 aromatic rings. The largest absolute Gasteiger partial charge is 0.382 e. The monoisotopic (exact) mass is 236 g/mol. The number of hydrogen-bond donors (Lipinski definition) is 1. The molecule has 0 amide bonds. The molecule has 1 rings (SSSR count). The molecule has 6 nitrogen and oxygen atoms in total. The van der Waals surface area contributed by atoms with Crippen molar-refractivity contribution in [2.45, 2.75) is 30.7 Å². The molecule has 1 N–H and O–H groups in total. The van der Waals surface area contributed by atoms with E-state index >= 15 is 0 Å². The van der Waals surface area contributed by atoms with Crippen LogP contribution in [0.5, 0.6) is 0 Å². The van der Waals surface area contributed by atoms with E-state index in [4.69, 9.17) is 23.7 Å². The van der Waals surface area contributed by atoms with Gasteiger partial charge in [-0.25, -0.2) is 0 Å². The lowest BCUT2D eigenvalue weighted by Gasteiger charge is -2.42. The molecule has 1 aliphatic heterocycles. The summed E-state index contributed by atoms with van der Waals surface area (Å²) in [6.45, 7) is 0.325. The first-order chi connectivity index (χ1) is 7.69. The van der Waals surface area contributed by atoms with Crippen LogP contribution in [0.4, 0.5) is 0 Å². The van der Waals surface area contributed by atoms with Crippen LogP contribution >= 0.6 is 0 Å². The summed E-state index contributed by atoms with van der Waals surface area (Å²) in [7, 11) is 6.16. The molecule has 0 spiro atoms. The number of ether oxygens (including phenoxy) is 5. The Kier molecular flexibility index (Phi) is 5.60. The fourth-order valence-corrected chi connectivity index (χ4v) is 2.00. The van der Waals surface area contributed by atoms with E-state index in [2.05, 4.69) is 0 Å². The molecule has 0 aliphatic carbocycles. The molecule has 5 atom stereocenters. The highest BCUT2D eigenvalue weighted by Crippen LogP contribution is 2.25. The number of aliphatic hydroxyl groups is 1. The molecule has 0 aromatic carbocycles. The Labute approximate surface area is 95.4 Å². The van der Waals surface area contributed by atoms with E-state index < -0.39 is 12.4 Å². The first kappa shape index (κ1) is 13.8. The minimum atomic E-state index is -1.04. The van der Waals surface area contributed by atoms with Gasteiger partial charge in [0.15, 0.2) is 6.29 Å². The lowest BCUT2D eigenvalue weighted by atomic mass is 9.98. The van der Waals surface area contributed by atoms with Crippen LogP contribution in [-0.2, 0) is 23.7 Å². The van der Waals surface area contributed by atoms with Crippen LogP contribution in [0.25, 0.3) is 0 Å². The van der Waals surface area contributed by atoms with Crippen molar-refractivity contribution in [1.82, 2.24) is 0 Å². The standard InChI is InChI=1S/C10H20O6/c1-12-5-6-7(13-2)8(14-3)9(15-4)10(11)16-6/h6-11H,5H2,1-4H3/t6?,7-,8?,9?,10-/m1/s1. The third kappa shape index (κ3) is 2.71. The van der Waals surface area contributed by atoms with E-state index in [9.17, 15) is 5.11 Å². The summed E-state index contributed by atoms with van der Waals surface area (Å²) in [6.07, 6.45) is -2.71. The fraction of sp³-hybridized carbons (Fsp3) is 1.00. The van der Waals surface area contributed by atoms with Gasteiger partial charge in [0.2, 0.25) is 0 Å². The molecule has 1 heterocycles. The van der Waals surface area contributed by atoms with Crippen LogP contribution in [0.3, 0.4) is 0 Å². The minimum Gasteiger partial charge on any atom is -0.382 e. The molecule has 3 unspecified atom stereocenters. The van der Waals surface area contributed by atoms with E-state index in [1.807, 2.05) is 0 Å². The molecule has 0 radical (unpaired) electrons. The summed E-state index contributed by atoms with van der Waals surface area (Å²) in [6, 6.07) is 0. The number of rotatable bonds is 5. The van der Waals surface area contributed by atoms with Gasteiger partial charge in [-0.3, -0.25) is 0 Å². The zero-order valence-corrected chi connectivity index (χ0v) is 10.1. The highest BCUT2D eigenvalue weighted by Gasteiger charge is 2.46. The Bertz CT molecular complexity index is 200. The maximum atomic E-state index is 9.74. The van der Waals surface area contributed by atoms with E-state index in [1.54, 1.807) is 21.3 Å². The molecular weight excluding hydrogens is 216 g/mol. The van der Waals surface area contributed by atoms with Crippen LogP contribution in [0.1, 0.15) is 0 Å². The van der Waals surface area contributed by atoms with Gasteiger partial charge in [0.25, 0.3) is 0 Å². The first-order valence-electron chi connectivity index (χ1n) is 5.10. The van der Waals surface area contributed by atoms with Crippen LogP contribution in [0, 0.1) is 0 Å². The Morgan fingerprint density at radius 2 is 1.50 bits per heavy atom. The van der Waals surface area contributed by atoms with Crippen LogP contribution in [-0.4, -0.2) is 70.9 Å². The minimum absolute atomic E-state index is 0.325. The van der Waals surface area contributed by atoms with Crippen LogP contribution in [0.15, 0.2) is 0 Å². The Morgan fingerprint density at radius 3 is 1.94 bits per heavy atom. The van der Waals surface area contributed by atoms with Gasteiger partial charge >= 0.3 is 0 Å². The quantitative estimate of drug-likeness (QED) is 0.687. The number of hydrogen-bond acceptors (Lipinski definition) is 6. The lowest BCUT2D eigenvalue weighted by Crippen LogP contribution is -2.60. The van der Waals surface area contributed by atoms with E-state index in [0.717, 1.165) is 0 Å². The zero-order valence-electron chi connectivity index (χ0n) is 10.1. The van der Waals surface area contributed by atoms with E-state index in [0.29, 0.717) is 6.61 Å². The lowest BCUT2D eigenvalue weighted by molar-refractivity contribution is -0.300. The molecule has 6 heteroatoms. The third-order valence-electron chi connectivity index (χ3n) is 2.76. The average molecular weight is 236 g/mol. The van der Waals surface area contributed by atoms with Gasteiger partial charge in [-0.2, -0.15) is 0 Å². The summed E-state index contributed by atoms with van der Waals surface area (Å²) in [5.41, 5.74) is 0. The topological polar surface area (TPSA) is 66.4 Å². The van der Waals surface area contributed by atoms with Crippen LogP contribution in [0.2, 0.25) is 0 Å². The summed E-state index contributed by atoms with van der Waals surface area (Å²) in [5.74, 6) is 0. The molecule has 1 fully saturated rings. The van der Waals surface area contributed by atoms with Crippen molar-refractivity contribution in [3.8, 4) is 0 Å². The molecule has 0 aromatic heterocycles. The Morgan fingerprint density at radius 1 is 0.938 bits per heavy atom. The van der Waals surface area contributed by atoms with Crippen LogP contribution < -0.4 is 0 Å². The second-order valence-electron chi connectivity index (χ2n) is 3.62. The molecule has 1 saturated heterocycles. The van der Waals surface area contributed by atoms with Gasteiger partial charge in [-0.05, 0) is 0 Å². The summed E-state index contributed by atoms with van der Waals surface area (Å²) in [5, 5.41) is 9.74. The normalized spacial score (nSPS) is 39.9. The van der Waals surface area contributed by atoms with E-state index in [-0.39, 0.29) is 18.3 Å². The summed E-state index contributed by atoms with van der Waals surface area (Å²) < 4.78 is 26.1. The van der Waals surface area contributed by atoms with Crippen molar-refractivity contribution in [1.29, 1.82) is 0 Å². The molecule has 96 valence electrons. The second-order valence-corrected chi connectivity index (χ2v) is 3.62. The fourth-order valence-electron chi connectivity index (χ4n) is 2.00. The van der Waals surface area contributed by atoms with Gasteiger partial charge in [0.05, 0.1) is 6.61 Å². The highest BCUT2D eigenvalue weighted by molar-refractivity contribution is 4.91. The number of aliphatic hydroxyl groups excluding tert-OH is 1.